The number of benzene rings is 4. The largest absolute Gasteiger partial charge is 0.505 e. The zero-order chi connectivity index (χ0) is 35.1. The first kappa shape index (κ1) is 35.5. The smallest absolute Gasteiger partial charge is 0.296 e. The minimum Gasteiger partial charge on any atom is -0.505 e. The fourth-order valence-corrected chi connectivity index (χ4v) is 6.84. The Labute approximate surface area is 266 Å². The van der Waals surface area contributed by atoms with E-state index < -0.39 is 105 Å². The zero-order valence-corrected chi connectivity index (χ0v) is 26.7. The molecule has 0 aliphatic rings. The van der Waals surface area contributed by atoms with Gasteiger partial charge < -0.3 is 15.7 Å². The van der Waals surface area contributed by atoms with Crippen LogP contribution in [0.5, 0.6) is 5.75 Å². The normalized spacial score (nSPS) is 12.9. The second-order valence-electron chi connectivity index (χ2n) is 9.52. The van der Waals surface area contributed by atoms with Crippen molar-refractivity contribution >= 4 is 74.2 Å². The van der Waals surface area contributed by atoms with E-state index in [1.165, 1.54) is 18.2 Å². The number of carbonyl (C=O) groups excluding carboxylic acids is 1. The van der Waals surface area contributed by atoms with Gasteiger partial charge in [0.25, 0.3) is 46.4 Å². The maximum absolute atomic E-state index is 13.2. The van der Waals surface area contributed by atoms with Gasteiger partial charge in [0.1, 0.15) is 26.1 Å². The van der Waals surface area contributed by atoms with E-state index in [1.54, 1.807) is 7.05 Å². The summed E-state index contributed by atoms with van der Waals surface area (Å²) in [6, 6.07) is 9.51. The maximum Gasteiger partial charge on any atom is 0.296 e. The van der Waals surface area contributed by atoms with E-state index in [-0.39, 0.29) is 6.54 Å². The first-order chi connectivity index (χ1) is 21.6. The summed E-state index contributed by atoms with van der Waals surface area (Å²) in [5.41, 5.74) is -2.53. The molecular formula is C25H22N4O14S4. The van der Waals surface area contributed by atoms with Crippen LogP contribution in [0.3, 0.4) is 0 Å². The van der Waals surface area contributed by atoms with Gasteiger partial charge in [-0.15, -0.1) is 10.2 Å². The van der Waals surface area contributed by atoms with Crippen LogP contribution in [0.2, 0.25) is 0 Å². The van der Waals surface area contributed by atoms with Gasteiger partial charge in [-0.25, -0.2) is 0 Å². The van der Waals surface area contributed by atoms with Gasteiger partial charge in [0, 0.05) is 11.9 Å². The molecule has 4 rings (SSSR count). The number of aromatic hydroxyl groups is 1. The average Bonchev–Trinajstić information content (AvgIpc) is 2.94. The molecular weight excluding hydrogens is 709 g/mol. The fourth-order valence-electron chi connectivity index (χ4n) is 4.35. The lowest BCUT2D eigenvalue weighted by Gasteiger charge is -2.15. The monoisotopic (exact) mass is 730 g/mol. The molecule has 250 valence electrons. The molecule has 7 N–H and O–H groups in total. The lowest BCUT2D eigenvalue weighted by atomic mass is 10.1. The molecule has 0 aliphatic heterocycles. The lowest BCUT2D eigenvalue weighted by molar-refractivity contribution is 0.102. The van der Waals surface area contributed by atoms with E-state index in [2.05, 4.69) is 20.9 Å². The third-order valence-corrected chi connectivity index (χ3v) is 9.81. The summed E-state index contributed by atoms with van der Waals surface area (Å²) < 4.78 is 135. The first-order valence-corrected chi connectivity index (χ1v) is 18.2. The second kappa shape index (κ2) is 12.7. The van der Waals surface area contributed by atoms with Crippen molar-refractivity contribution in [3.8, 4) is 5.75 Å². The van der Waals surface area contributed by atoms with Crippen LogP contribution in [0.15, 0.2) is 90.5 Å². The van der Waals surface area contributed by atoms with Gasteiger partial charge in [0.2, 0.25) is 0 Å². The number of phenolic OH excluding ortho intramolecular Hbond substituents is 1. The SMILES string of the molecule is CNCc1ccc(S(=O)(=O)O)c(/N=N/c2c(S(=O)(=O)O)cc3cc(S(=O)(=O)O)cc(NC(=O)c4ccccc4S(=O)(=O)O)c3c2O)c1. The molecule has 0 saturated carbocycles. The highest BCUT2D eigenvalue weighted by Crippen LogP contribution is 2.45. The van der Waals surface area contributed by atoms with E-state index in [4.69, 9.17) is 0 Å². The standard InChI is InChI=1S/C25H22N4O14S4/c1-26-12-13-6-7-20(46(38,39)40)17(8-13)28-29-23-21(47(41,42)43)10-14-9-15(44(32,33)34)11-18(22(14)24(23)30)27-25(31)16-4-2-3-5-19(16)45(35,36)37/h2-11,26,30H,12H2,1H3,(H,27,31)(H,32,33,34)(H,35,36,37)(H,38,39,40)(H,41,42,43)/b29-28+. The number of anilines is 1. The highest BCUT2D eigenvalue weighted by atomic mass is 32.2. The Morgan fingerprint density at radius 3 is 1.91 bits per heavy atom. The van der Waals surface area contributed by atoms with Crippen molar-refractivity contribution in [2.24, 2.45) is 10.2 Å². The number of rotatable bonds is 10. The first-order valence-electron chi connectivity index (χ1n) is 12.5. The van der Waals surface area contributed by atoms with Crippen LogP contribution in [-0.4, -0.2) is 69.9 Å². The Balaban J connectivity index is 2.05. The number of nitrogens with zero attached hydrogens (tertiary/aromatic N) is 2. The van der Waals surface area contributed by atoms with Crippen LogP contribution in [0, 0.1) is 0 Å². The summed E-state index contributed by atoms with van der Waals surface area (Å²) in [5.74, 6) is -2.49. The van der Waals surface area contributed by atoms with Crippen LogP contribution in [-0.2, 0) is 47.0 Å². The molecule has 0 aliphatic carbocycles. The molecule has 4 aromatic rings. The van der Waals surface area contributed by atoms with Gasteiger partial charge in [-0.05, 0) is 60.5 Å². The molecule has 0 atom stereocenters. The van der Waals surface area contributed by atoms with Gasteiger partial charge in [-0.1, -0.05) is 18.2 Å². The number of hydrogen-bond donors (Lipinski definition) is 7. The van der Waals surface area contributed by atoms with Gasteiger partial charge >= 0.3 is 0 Å². The number of amides is 1. The Morgan fingerprint density at radius 2 is 1.34 bits per heavy atom. The van der Waals surface area contributed by atoms with Gasteiger partial charge in [0.15, 0.2) is 5.75 Å². The third kappa shape index (κ3) is 7.78. The summed E-state index contributed by atoms with van der Waals surface area (Å²) in [6.45, 7) is 0.172. The van der Waals surface area contributed by atoms with Crippen molar-refractivity contribution < 1.29 is 61.8 Å². The molecule has 0 radical (unpaired) electrons. The lowest BCUT2D eigenvalue weighted by Crippen LogP contribution is -2.17. The molecule has 0 heterocycles. The summed E-state index contributed by atoms with van der Waals surface area (Å²) in [6.07, 6.45) is 0. The van der Waals surface area contributed by atoms with Crippen molar-refractivity contribution in [1.29, 1.82) is 0 Å². The van der Waals surface area contributed by atoms with E-state index in [9.17, 15) is 61.8 Å². The van der Waals surface area contributed by atoms with E-state index in [0.29, 0.717) is 23.8 Å². The fraction of sp³-hybridized carbons (Fsp3) is 0.0800. The predicted molar refractivity (Wildman–Crippen MR) is 163 cm³/mol. The van der Waals surface area contributed by atoms with E-state index in [1.807, 2.05) is 0 Å². The number of nitrogens with one attached hydrogen (secondary N) is 2. The highest BCUT2D eigenvalue weighted by Gasteiger charge is 2.27. The average molecular weight is 731 g/mol. The van der Waals surface area contributed by atoms with Crippen LogP contribution in [0.4, 0.5) is 17.1 Å². The van der Waals surface area contributed by atoms with Crippen molar-refractivity contribution in [3.63, 3.8) is 0 Å². The number of carbonyl (C=O) groups is 1. The molecule has 0 unspecified atom stereocenters. The molecule has 0 bridgehead atoms. The zero-order valence-electron chi connectivity index (χ0n) is 23.4. The van der Waals surface area contributed by atoms with Crippen molar-refractivity contribution in [1.82, 2.24) is 5.32 Å². The van der Waals surface area contributed by atoms with Crippen LogP contribution in [0.1, 0.15) is 15.9 Å². The van der Waals surface area contributed by atoms with Crippen molar-refractivity contribution in [2.45, 2.75) is 26.1 Å². The molecule has 0 saturated heterocycles. The molecule has 22 heteroatoms. The third-order valence-electron chi connectivity index (χ3n) is 6.30. The number of hydrogen-bond acceptors (Lipinski definition) is 13. The van der Waals surface area contributed by atoms with E-state index in [0.717, 1.165) is 24.3 Å². The van der Waals surface area contributed by atoms with Crippen LogP contribution in [0.25, 0.3) is 10.8 Å². The summed E-state index contributed by atoms with van der Waals surface area (Å²) >= 11 is 0. The van der Waals surface area contributed by atoms with Gasteiger partial charge in [-0.2, -0.15) is 33.7 Å². The Bertz CT molecular complexity index is 2430. The minimum absolute atomic E-state index is 0.172. The van der Waals surface area contributed by atoms with Crippen molar-refractivity contribution in [3.05, 3.63) is 71.8 Å². The topological polar surface area (TPSA) is 304 Å². The van der Waals surface area contributed by atoms with Gasteiger partial charge in [-0.3, -0.25) is 23.0 Å². The summed E-state index contributed by atoms with van der Waals surface area (Å²) in [5, 5.41) is 22.3. The molecule has 1 amide bonds. The molecule has 4 aromatic carbocycles. The number of fused-ring (bicyclic) bond motifs is 1. The van der Waals surface area contributed by atoms with Gasteiger partial charge in [0.05, 0.1) is 16.1 Å². The van der Waals surface area contributed by atoms with E-state index >= 15 is 0 Å². The Hall–Kier alpha value is -4.39. The number of phenols is 1. The quantitative estimate of drug-likeness (QED) is 0.0911. The molecule has 47 heavy (non-hydrogen) atoms. The highest BCUT2D eigenvalue weighted by molar-refractivity contribution is 7.86. The Kier molecular flexibility index (Phi) is 9.56. The maximum atomic E-state index is 13.2. The van der Waals surface area contributed by atoms with Crippen molar-refractivity contribution in [2.75, 3.05) is 12.4 Å². The van der Waals surface area contributed by atoms with Crippen LogP contribution >= 0.6 is 0 Å². The molecule has 0 spiro atoms. The summed E-state index contributed by atoms with van der Waals surface area (Å²) in [4.78, 5) is 9.39. The predicted octanol–water partition coefficient (Wildman–Crippen LogP) is 2.92. The van der Waals surface area contributed by atoms with Crippen LogP contribution < -0.4 is 10.6 Å². The molecule has 18 nitrogen and oxygen atoms in total. The second-order valence-corrected chi connectivity index (χ2v) is 15.1. The Morgan fingerprint density at radius 1 is 0.723 bits per heavy atom. The number of azo groups is 1. The minimum atomic E-state index is -5.34. The molecule has 0 aromatic heterocycles. The summed E-state index contributed by atoms with van der Waals surface area (Å²) in [7, 11) is -18.8. The molecule has 0 fully saturated rings.